The normalized spacial score (nSPS) is 22.4. The van der Waals surface area contributed by atoms with Gasteiger partial charge in [-0.15, -0.1) is 10.2 Å². The van der Waals surface area contributed by atoms with Crippen molar-refractivity contribution in [3.63, 3.8) is 0 Å². The molecule has 4 heterocycles. The van der Waals surface area contributed by atoms with E-state index in [0.717, 1.165) is 31.8 Å². The fraction of sp³-hybridized carbons (Fsp3) is 0.600. The molecule has 10 nitrogen and oxygen atoms in total. The summed E-state index contributed by atoms with van der Waals surface area (Å²) in [5.74, 6) is 0.575. The molecule has 2 saturated heterocycles. The van der Waals surface area contributed by atoms with Crippen molar-refractivity contribution >= 4 is 17.6 Å². The second kappa shape index (κ2) is 8.57. The van der Waals surface area contributed by atoms with Crippen LogP contribution in [0.25, 0.3) is 5.65 Å². The van der Waals surface area contributed by atoms with Crippen LogP contribution < -0.4 is 5.32 Å². The highest BCUT2D eigenvalue weighted by Gasteiger charge is 2.32. The fourth-order valence-corrected chi connectivity index (χ4v) is 3.99. The Morgan fingerprint density at radius 1 is 1.27 bits per heavy atom. The van der Waals surface area contributed by atoms with Gasteiger partial charge in [-0.25, -0.2) is 4.79 Å². The molecule has 2 aromatic rings. The Labute approximate surface area is 175 Å². The van der Waals surface area contributed by atoms with Crippen LogP contribution in [0.1, 0.15) is 35.1 Å². The van der Waals surface area contributed by atoms with Crippen LogP contribution in [0.5, 0.6) is 0 Å². The first-order valence-corrected chi connectivity index (χ1v) is 10.3. The molecule has 162 valence electrons. The lowest BCUT2D eigenvalue weighted by molar-refractivity contribution is 0.0857. The Balaban J connectivity index is 1.54. The third-order valence-corrected chi connectivity index (χ3v) is 5.80. The van der Waals surface area contributed by atoms with Gasteiger partial charge >= 0.3 is 6.03 Å². The molecule has 2 aliphatic rings. The standard InChI is InChI=1S/C20H29N7O3/c1-24(2)20(29)26-9-8-25(3)16(13-26)18-23-22-17-7-6-14(12-27(17)18)19(28)21-11-15-5-4-10-30-15/h6-7,12,15-16H,4-5,8-11,13H2,1-3H3,(H,21,28). The minimum absolute atomic E-state index is 0.0175. The van der Waals surface area contributed by atoms with Gasteiger partial charge < -0.3 is 19.9 Å². The fourth-order valence-electron chi connectivity index (χ4n) is 3.99. The number of aromatic nitrogens is 3. The van der Waals surface area contributed by atoms with Crippen LogP contribution in [0.2, 0.25) is 0 Å². The molecule has 2 atom stereocenters. The summed E-state index contributed by atoms with van der Waals surface area (Å²) >= 11 is 0. The maximum absolute atomic E-state index is 12.6. The number of hydrogen-bond acceptors (Lipinski definition) is 6. The highest BCUT2D eigenvalue weighted by Crippen LogP contribution is 2.24. The van der Waals surface area contributed by atoms with E-state index in [1.165, 1.54) is 0 Å². The first-order chi connectivity index (χ1) is 14.4. The molecular weight excluding hydrogens is 386 g/mol. The summed E-state index contributed by atoms with van der Waals surface area (Å²) in [5, 5.41) is 11.6. The molecule has 0 saturated carbocycles. The molecule has 4 rings (SSSR count). The lowest BCUT2D eigenvalue weighted by atomic mass is 10.1. The maximum atomic E-state index is 12.6. The summed E-state index contributed by atoms with van der Waals surface area (Å²) in [4.78, 5) is 30.7. The molecule has 2 aromatic heterocycles. The van der Waals surface area contributed by atoms with E-state index in [1.807, 2.05) is 16.3 Å². The van der Waals surface area contributed by atoms with Crippen LogP contribution in [-0.4, -0.2) is 101 Å². The second-order valence-corrected chi connectivity index (χ2v) is 8.17. The van der Waals surface area contributed by atoms with Crippen molar-refractivity contribution < 1.29 is 14.3 Å². The molecule has 3 amide bonds. The number of nitrogens with zero attached hydrogens (tertiary/aromatic N) is 6. The molecule has 0 aliphatic carbocycles. The number of carbonyl (C=O) groups is 2. The third-order valence-electron chi connectivity index (χ3n) is 5.80. The first kappa shape index (κ1) is 20.5. The molecule has 2 fully saturated rings. The molecule has 0 spiro atoms. The minimum Gasteiger partial charge on any atom is -0.376 e. The topological polar surface area (TPSA) is 95.3 Å². The monoisotopic (exact) mass is 415 g/mol. The number of fused-ring (bicyclic) bond motifs is 1. The highest BCUT2D eigenvalue weighted by atomic mass is 16.5. The van der Waals surface area contributed by atoms with Gasteiger partial charge in [-0.05, 0) is 32.0 Å². The average molecular weight is 415 g/mol. The molecule has 0 aromatic carbocycles. The van der Waals surface area contributed by atoms with Gasteiger partial charge in [-0.3, -0.25) is 14.1 Å². The second-order valence-electron chi connectivity index (χ2n) is 8.17. The van der Waals surface area contributed by atoms with Gasteiger partial charge in [0.25, 0.3) is 5.91 Å². The Morgan fingerprint density at radius 3 is 2.83 bits per heavy atom. The van der Waals surface area contributed by atoms with E-state index >= 15 is 0 Å². The SMILES string of the molecule is CN(C)C(=O)N1CCN(C)C(c2nnc3ccc(C(=O)NCC4CCCO4)cn23)C1. The van der Waals surface area contributed by atoms with Crippen LogP contribution in [0.15, 0.2) is 18.3 Å². The van der Waals surface area contributed by atoms with Crippen molar-refractivity contribution in [2.75, 3.05) is 53.9 Å². The van der Waals surface area contributed by atoms with E-state index in [-0.39, 0.29) is 24.1 Å². The molecule has 30 heavy (non-hydrogen) atoms. The van der Waals surface area contributed by atoms with E-state index in [4.69, 9.17) is 4.74 Å². The molecule has 2 unspecified atom stereocenters. The lowest BCUT2D eigenvalue weighted by Crippen LogP contribution is -2.52. The molecule has 2 aliphatic heterocycles. The molecule has 0 radical (unpaired) electrons. The highest BCUT2D eigenvalue weighted by molar-refractivity contribution is 5.94. The van der Waals surface area contributed by atoms with Crippen molar-refractivity contribution in [2.24, 2.45) is 0 Å². The van der Waals surface area contributed by atoms with Crippen molar-refractivity contribution in [1.82, 2.24) is 34.6 Å². The number of amides is 3. The van der Waals surface area contributed by atoms with E-state index < -0.39 is 0 Å². The molecule has 1 N–H and O–H groups in total. The summed E-state index contributed by atoms with van der Waals surface area (Å²) in [6.45, 7) is 3.19. The number of rotatable bonds is 4. The van der Waals surface area contributed by atoms with E-state index in [9.17, 15) is 9.59 Å². The number of ether oxygens (including phenoxy) is 1. The lowest BCUT2D eigenvalue weighted by Gasteiger charge is -2.39. The van der Waals surface area contributed by atoms with Gasteiger partial charge in [0.15, 0.2) is 11.5 Å². The molecular formula is C20H29N7O3. The number of nitrogens with one attached hydrogen (secondary N) is 1. The van der Waals surface area contributed by atoms with E-state index in [0.29, 0.717) is 30.8 Å². The third kappa shape index (κ3) is 4.10. The van der Waals surface area contributed by atoms with Gasteiger partial charge in [0.2, 0.25) is 0 Å². The number of piperazine rings is 1. The van der Waals surface area contributed by atoms with Gasteiger partial charge in [0, 0.05) is 53.1 Å². The smallest absolute Gasteiger partial charge is 0.319 e. The quantitative estimate of drug-likeness (QED) is 0.786. The maximum Gasteiger partial charge on any atom is 0.319 e. The van der Waals surface area contributed by atoms with Crippen molar-refractivity contribution in [3.05, 3.63) is 29.7 Å². The Hall–Kier alpha value is -2.72. The minimum atomic E-state index is -0.145. The van der Waals surface area contributed by atoms with Crippen LogP contribution in [0, 0.1) is 0 Å². The zero-order chi connectivity index (χ0) is 21.3. The summed E-state index contributed by atoms with van der Waals surface area (Å²) in [6, 6.07) is 3.42. The van der Waals surface area contributed by atoms with Crippen LogP contribution in [-0.2, 0) is 4.74 Å². The predicted molar refractivity (Wildman–Crippen MR) is 110 cm³/mol. The Morgan fingerprint density at radius 2 is 2.10 bits per heavy atom. The zero-order valence-electron chi connectivity index (χ0n) is 17.7. The van der Waals surface area contributed by atoms with Crippen molar-refractivity contribution in [2.45, 2.75) is 25.0 Å². The Kier molecular flexibility index (Phi) is 5.87. The number of pyridine rings is 1. The van der Waals surface area contributed by atoms with Crippen LogP contribution in [0.4, 0.5) is 4.79 Å². The number of likely N-dealkylation sites (N-methyl/N-ethyl adjacent to an activating group) is 1. The van der Waals surface area contributed by atoms with Crippen molar-refractivity contribution in [3.8, 4) is 0 Å². The predicted octanol–water partition coefficient (Wildman–Crippen LogP) is 0.608. The first-order valence-electron chi connectivity index (χ1n) is 10.3. The summed E-state index contributed by atoms with van der Waals surface area (Å²) in [6.07, 6.45) is 3.89. The van der Waals surface area contributed by atoms with Crippen molar-refractivity contribution in [1.29, 1.82) is 0 Å². The van der Waals surface area contributed by atoms with Crippen LogP contribution >= 0.6 is 0 Å². The summed E-state index contributed by atoms with van der Waals surface area (Å²) in [5.41, 5.74) is 1.21. The molecule has 10 heteroatoms. The van der Waals surface area contributed by atoms with Gasteiger partial charge in [0.1, 0.15) is 0 Å². The molecule has 0 bridgehead atoms. The van der Waals surface area contributed by atoms with Gasteiger partial charge in [0.05, 0.1) is 17.7 Å². The summed E-state index contributed by atoms with van der Waals surface area (Å²) in [7, 11) is 5.52. The average Bonchev–Trinajstić information content (AvgIpc) is 3.41. The number of urea groups is 1. The number of hydrogen-bond donors (Lipinski definition) is 1. The zero-order valence-corrected chi connectivity index (χ0v) is 17.7. The van der Waals surface area contributed by atoms with Gasteiger partial charge in [-0.2, -0.15) is 0 Å². The summed E-state index contributed by atoms with van der Waals surface area (Å²) < 4.78 is 7.43. The largest absolute Gasteiger partial charge is 0.376 e. The Bertz CT molecular complexity index is 922. The van der Waals surface area contributed by atoms with E-state index in [2.05, 4.69) is 20.4 Å². The van der Waals surface area contributed by atoms with Crippen LogP contribution in [0.3, 0.4) is 0 Å². The number of carbonyl (C=O) groups excluding carboxylic acids is 2. The van der Waals surface area contributed by atoms with E-state index in [1.54, 1.807) is 37.3 Å². The van der Waals surface area contributed by atoms with Gasteiger partial charge in [-0.1, -0.05) is 0 Å².